The number of hydrazine groups is 1. The molecule has 0 saturated heterocycles. The Morgan fingerprint density at radius 3 is 2.14 bits per heavy atom. The summed E-state index contributed by atoms with van der Waals surface area (Å²) in [6.07, 6.45) is 2.96. The van der Waals surface area contributed by atoms with Crippen LogP contribution in [0.15, 0.2) is 24.3 Å². The molecule has 0 aliphatic rings. The number of rotatable bonds is 9. The molecule has 0 aliphatic heterocycles. The van der Waals surface area contributed by atoms with E-state index < -0.39 is 0 Å². The van der Waals surface area contributed by atoms with E-state index in [1.807, 2.05) is 18.2 Å². The Morgan fingerprint density at radius 1 is 1.14 bits per heavy atom. The molecule has 0 bridgehead atoms. The van der Waals surface area contributed by atoms with Crippen molar-refractivity contribution in [2.45, 2.75) is 58.5 Å². The standard InChI is InChI=1S/C17H30ClN3/c1-5-17(6-2,21(7-3)8-4)16(20-19)13-14-11-9-10-12-15(14)18/h9-12,16,20H,5-8,13,19H2,1-4H3. The topological polar surface area (TPSA) is 41.3 Å². The number of hydrogen-bond acceptors (Lipinski definition) is 3. The van der Waals surface area contributed by atoms with Crippen LogP contribution >= 0.6 is 11.6 Å². The Morgan fingerprint density at radius 2 is 1.71 bits per heavy atom. The zero-order valence-corrected chi connectivity index (χ0v) is 14.6. The summed E-state index contributed by atoms with van der Waals surface area (Å²) in [5, 5.41) is 0.818. The first-order valence-corrected chi connectivity index (χ1v) is 8.41. The highest BCUT2D eigenvalue weighted by molar-refractivity contribution is 6.31. The van der Waals surface area contributed by atoms with E-state index in [9.17, 15) is 0 Å². The highest BCUT2D eigenvalue weighted by Gasteiger charge is 2.39. The lowest BCUT2D eigenvalue weighted by atomic mass is 9.80. The number of nitrogens with one attached hydrogen (secondary N) is 1. The lowest BCUT2D eigenvalue weighted by molar-refractivity contribution is 0.0492. The monoisotopic (exact) mass is 311 g/mol. The number of likely N-dealkylation sites (N-methyl/N-ethyl adjacent to an activating group) is 1. The van der Waals surface area contributed by atoms with Crippen LogP contribution in [0, 0.1) is 0 Å². The van der Waals surface area contributed by atoms with Crippen molar-refractivity contribution in [1.82, 2.24) is 10.3 Å². The van der Waals surface area contributed by atoms with Crippen molar-refractivity contribution in [3.05, 3.63) is 34.9 Å². The average Bonchev–Trinajstić information content (AvgIpc) is 2.52. The van der Waals surface area contributed by atoms with Gasteiger partial charge >= 0.3 is 0 Å². The van der Waals surface area contributed by atoms with Crippen LogP contribution in [-0.2, 0) is 6.42 Å². The summed E-state index contributed by atoms with van der Waals surface area (Å²) in [6, 6.07) is 8.21. The number of halogens is 1. The van der Waals surface area contributed by atoms with Gasteiger partial charge in [-0.2, -0.15) is 0 Å². The Labute approximate surface area is 134 Å². The van der Waals surface area contributed by atoms with Gasteiger partial charge in [0.1, 0.15) is 0 Å². The summed E-state index contributed by atoms with van der Waals surface area (Å²) >= 11 is 6.33. The van der Waals surface area contributed by atoms with Crippen molar-refractivity contribution in [1.29, 1.82) is 0 Å². The van der Waals surface area contributed by atoms with Gasteiger partial charge in [0, 0.05) is 16.6 Å². The second-order valence-corrected chi connectivity index (χ2v) is 5.90. The third-order valence-electron chi connectivity index (χ3n) is 4.85. The summed E-state index contributed by atoms with van der Waals surface area (Å²) in [4.78, 5) is 2.52. The molecule has 0 radical (unpaired) electrons. The number of hydrogen-bond donors (Lipinski definition) is 2. The molecule has 0 heterocycles. The van der Waals surface area contributed by atoms with Crippen molar-refractivity contribution in [2.24, 2.45) is 5.84 Å². The van der Waals surface area contributed by atoms with Crippen LogP contribution in [0.2, 0.25) is 5.02 Å². The molecule has 0 saturated carbocycles. The second kappa shape index (κ2) is 8.74. The van der Waals surface area contributed by atoms with Gasteiger partial charge in [-0.25, -0.2) is 0 Å². The molecule has 0 aromatic heterocycles. The van der Waals surface area contributed by atoms with E-state index in [1.165, 1.54) is 0 Å². The second-order valence-electron chi connectivity index (χ2n) is 5.50. The molecule has 21 heavy (non-hydrogen) atoms. The summed E-state index contributed by atoms with van der Waals surface area (Å²) in [5.74, 6) is 5.94. The quantitative estimate of drug-likeness (QED) is 0.540. The molecule has 0 amide bonds. The maximum Gasteiger partial charge on any atom is 0.0438 e. The minimum atomic E-state index is 0.0530. The largest absolute Gasteiger partial charge is 0.297 e. The van der Waals surface area contributed by atoms with Gasteiger partial charge in [-0.3, -0.25) is 16.2 Å². The molecule has 1 aromatic carbocycles. The van der Waals surface area contributed by atoms with Gasteiger partial charge in [0.15, 0.2) is 0 Å². The van der Waals surface area contributed by atoms with E-state index in [-0.39, 0.29) is 11.6 Å². The van der Waals surface area contributed by atoms with E-state index in [1.54, 1.807) is 0 Å². The van der Waals surface area contributed by atoms with Crippen LogP contribution in [-0.4, -0.2) is 29.6 Å². The number of benzene rings is 1. The minimum Gasteiger partial charge on any atom is -0.297 e. The molecule has 0 aliphatic carbocycles. The summed E-state index contributed by atoms with van der Waals surface area (Å²) in [7, 11) is 0. The van der Waals surface area contributed by atoms with Gasteiger partial charge in [-0.15, -0.1) is 0 Å². The molecule has 120 valence electrons. The van der Waals surface area contributed by atoms with Crippen LogP contribution in [0.25, 0.3) is 0 Å². The third-order valence-corrected chi connectivity index (χ3v) is 5.22. The molecule has 1 unspecified atom stereocenters. The first-order chi connectivity index (χ1) is 10.1. The summed E-state index contributed by atoms with van der Waals surface area (Å²) < 4.78 is 0. The first-order valence-electron chi connectivity index (χ1n) is 8.04. The van der Waals surface area contributed by atoms with Crippen LogP contribution in [0.3, 0.4) is 0 Å². The zero-order chi connectivity index (χ0) is 15.9. The molecule has 3 nitrogen and oxygen atoms in total. The summed E-state index contributed by atoms with van der Waals surface area (Å²) in [6.45, 7) is 11.0. The van der Waals surface area contributed by atoms with Gasteiger partial charge in [0.2, 0.25) is 0 Å². The van der Waals surface area contributed by atoms with Crippen LogP contribution in [0.1, 0.15) is 46.1 Å². The normalized spacial score (nSPS) is 13.7. The molecule has 0 spiro atoms. The van der Waals surface area contributed by atoms with Crippen molar-refractivity contribution >= 4 is 11.6 Å². The van der Waals surface area contributed by atoms with E-state index in [2.05, 4.69) is 44.1 Å². The lowest BCUT2D eigenvalue weighted by Gasteiger charge is -2.48. The van der Waals surface area contributed by atoms with Gasteiger partial charge < -0.3 is 0 Å². The minimum absolute atomic E-state index is 0.0530. The van der Waals surface area contributed by atoms with Crippen molar-refractivity contribution in [3.8, 4) is 0 Å². The van der Waals surface area contributed by atoms with Gasteiger partial charge in [0.25, 0.3) is 0 Å². The molecule has 4 heteroatoms. The van der Waals surface area contributed by atoms with E-state index in [0.29, 0.717) is 0 Å². The molecule has 1 aromatic rings. The fourth-order valence-corrected chi connectivity index (χ4v) is 3.76. The Bertz CT molecular complexity index is 414. The lowest BCUT2D eigenvalue weighted by Crippen LogP contribution is -2.63. The maximum atomic E-state index is 6.33. The highest BCUT2D eigenvalue weighted by Crippen LogP contribution is 2.31. The summed E-state index contributed by atoms with van der Waals surface area (Å²) in [5.41, 5.74) is 4.28. The van der Waals surface area contributed by atoms with Gasteiger partial charge in [-0.05, 0) is 44.0 Å². The van der Waals surface area contributed by atoms with Gasteiger partial charge in [0.05, 0.1) is 0 Å². The molecule has 1 atom stereocenters. The zero-order valence-electron chi connectivity index (χ0n) is 13.8. The maximum absolute atomic E-state index is 6.33. The Hall–Kier alpha value is -0.610. The highest BCUT2D eigenvalue weighted by atomic mass is 35.5. The predicted octanol–water partition coefficient (Wildman–Crippen LogP) is 3.62. The van der Waals surface area contributed by atoms with E-state index in [4.69, 9.17) is 17.4 Å². The van der Waals surface area contributed by atoms with E-state index >= 15 is 0 Å². The third kappa shape index (κ3) is 3.98. The predicted molar refractivity (Wildman–Crippen MR) is 92.5 cm³/mol. The molecular weight excluding hydrogens is 282 g/mol. The fourth-order valence-electron chi connectivity index (χ4n) is 3.55. The van der Waals surface area contributed by atoms with Gasteiger partial charge in [-0.1, -0.05) is 57.5 Å². The number of nitrogens with two attached hydrogens (primary N) is 1. The molecule has 1 rings (SSSR count). The van der Waals surface area contributed by atoms with Crippen molar-refractivity contribution < 1.29 is 0 Å². The Kier molecular flexibility index (Phi) is 7.67. The van der Waals surface area contributed by atoms with Crippen molar-refractivity contribution in [2.75, 3.05) is 13.1 Å². The molecular formula is C17H30ClN3. The SMILES string of the molecule is CCN(CC)C(CC)(CC)C(Cc1ccccc1Cl)NN. The first kappa shape index (κ1) is 18.4. The average molecular weight is 312 g/mol. The molecule has 3 N–H and O–H groups in total. The number of nitrogens with zero attached hydrogens (tertiary/aromatic N) is 1. The van der Waals surface area contributed by atoms with Crippen LogP contribution in [0.4, 0.5) is 0 Å². The van der Waals surface area contributed by atoms with E-state index in [0.717, 1.165) is 42.9 Å². The fraction of sp³-hybridized carbons (Fsp3) is 0.647. The smallest absolute Gasteiger partial charge is 0.0438 e. The molecule has 0 fully saturated rings. The Balaban J connectivity index is 3.11. The van der Waals surface area contributed by atoms with Crippen LogP contribution in [0.5, 0.6) is 0 Å². The van der Waals surface area contributed by atoms with Crippen LogP contribution < -0.4 is 11.3 Å². The van der Waals surface area contributed by atoms with Crippen molar-refractivity contribution in [3.63, 3.8) is 0 Å².